The van der Waals surface area contributed by atoms with Gasteiger partial charge in [-0.05, 0) is 29.7 Å². The summed E-state index contributed by atoms with van der Waals surface area (Å²) in [6.45, 7) is 1.97. The molecule has 1 aromatic rings. The molecule has 0 saturated carbocycles. The molecule has 1 saturated heterocycles. The van der Waals surface area contributed by atoms with Crippen LogP contribution in [0.25, 0.3) is 5.57 Å². The summed E-state index contributed by atoms with van der Waals surface area (Å²) >= 11 is 0. The average Bonchev–Trinajstić information content (AvgIpc) is 2.70. The van der Waals surface area contributed by atoms with Crippen LogP contribution in [-0.4, -0.2) is 18.9 Å². The second kappa shape index (κ2) is 5.04. The molecule has 0 unspecified atom stereocenters. The van der Waals surface area contributed by atoms with Crippen LogP contribution in [0.15, 0.2) is 29.8 Å². The molecule has 0 aliphatic carbocycles. The van der Waals surface area contributed by atoms with Gasteiger partial charge in [0.2, 0.25) is 5.91 Å². The highest BCUT2D eigenvalue weighted by atomic mass is 16.5. The van der Waals surface area contributed by atoms with Gasteiger partial charge in [0.1, 0.15) is 5.75 Å². The molecule has 0 radical (unpaired) electrons. The largest absolute Gasteiger partial charge is 0.497 e. The average molecular weight is 245 g/mol. The highest BCUT2D eigenvalue weighted by Gasteiger charge is 2.26. The zero-order valence-electron chi connectivity index (χ0n) is 10.4. The molecule has 0 spiro atoms. The van der Waals surface area contributed by atoms with Crippen LogP contribution in [-0.2, 0) is 9.59 Å². The smallest absolute Gasteiger partial charge is 0.254 e. The summed E-state index contributed by atoms with van der Waals surface area (Å²) in [5.41, 5.74) is 2.45. The van der Waals surface area contributed by atoms with E-state index in [1.807, 2.05) is 31.2 Å². The molecule has 2 rings (SSSR count). The summed E-state index contributed by atoms with van der Waals surface area (Å²) in [5.74, 6) is 0.272. The minimum atomic E-state index is -0.271. The number of carbonyl (C=O) groups excluding carboxylic acids is 2. The maximum Gasteiger partial charge on any atom is 0.254 e. The van der Waals surface area contributed by atoms with Gasteiger partial charge in [0.15, 0.2) is 0 Å². The van der Waals surface area contributed by atoms with Crippen LogP contribution in [0.4, 0.5) is 0 Å². The Morgan fingerprint density at radius 2 is 1.94 bits per heavy atom. The molecule has 1 aliphatic heterocycles. The van der Waals surface area contributed by atoms with Gasteiger partial charge in [0, 0.05) is 5.57 Å². The number of amides is 2. The van der Waals surface area contributed by atoms with Crippen LogP contribution in [0.1, 0.15) is 25.3 Å². The first-order valence-corrected chi connectivity index (χ1v) is 5.86. The molecule has 18 heavy (non-hydrogen) atoms. The topological polar surface area (TPSA) is 55.4 Å². The predicted octanol–water partition coefficient (Wildman–Crippen LogP) is 1.91. The third-order valence-corrected chi connectivity index (χ3v) is 3.02. The first-order chi connectivity index (χ1) is 8.65. The molecule has 94 valence electrons. The summed E-state index contributed by atoms with van der Waals surface area (Å²) in [5, 5.41) is 2.31. The van der Waals surface area contributed by atoms with E-state index in [4.69, 9.17) is 4.74 Å². The molecule has 1 N–H and O–H groups in total. The number of allylic oxidation sites excluding steroid dienone is 1. The van der Waals surface area contributed by atoms with Crippen LogP contribution in [0.5, 0.6) is 5.75 Å². The number of rotatable bonds is 3. The lowest BCUT2D eigenvalue weighted by molar-refractivity contribution is -0.124. The summed E-state index contributed by atoms with van der Waals surface area (Å²) in [4.78, 5) is 22.9. The SMILES string of the molecule is CC/C(=C1\CC(=O)NC1=O)c1ccc(OC)cc1. The van der Waals surface area contributed by atoms with Crippen molar-refractivity contribution in [2.45, 2.75) is 19.8 Å². The standard InChI is InChI=1S/C14H15NO3/c1-3-11(12-8-13(16)15-14(12)17)9-4-6-10(18-2)7-5-9/h4-7H,3,8H2,1-2H3,(H,15,16,17)/b12-11-. The minimum absolute atomic E-state index is 0.175. The predicted molar refractivity (Wildman–Crippen MR) is 68.0 cm³/mol. The van der Waals surface area contributed by atoms with E-state index in [9.17, 15) is 9.59 Å². The number of carbonyl (C=O) groups is 2. The molecule has 4 nitrogen and oxygen atoms in total. The third kappa shape index (κ3) is 2.27. The molecule has 1 heterocycles. The van der Waals surface area contributed by atoms with E-state index in [1.165, 1.54) is 0 Å². The van der Waals surface area contributed by atoms with E-state index >= 15 is 0 Å². The number of imide groups is 1. The van der Waals surface area contributed by atoms with Gasteiger partial charge in [-0.1, -0.05) is 19.1 Å². The van der Waals surface area contributed by atoms with Gasteiger partial charge >= 0.3 is 0 Å². The van der Waals surface area contributed by atoms with Crippen molar-refractivity contribution in [2.75, 3.05) is 7.11 Å². The van der Waals surface area contributed by atoms with Crippen molar-refractivity contribution in [1.29, 1.82) is 0 Å². The fourth-order valence-electron chi connectivity index (χ4n) is 2.11. The number of hydrogen-bond donors (Lipinski definition) is 1. The lowest BCUT2D eigenvalue weighted by Gasteiger charge is -2.08. The molecule has 4 heteroatoms. The van der Waals surface area contributed by atoms with E-state index in [1.54, 1.807) is 7.11 Å². The van der Waals surface area contributed by atoms with Gasteiger partial charge in [-0.15, -0.1) is 0 Å². The number of nitrogens with one attached hydrogen (secondary N) is 1. The summed E-state index contributed by atoms with van der Waals surface area (Å²) in [7, 11) is 1.61. The first-order valence-electron chi connectivity index (χ1n) is 5.86. The maximum atomic E-state index is 11.7. The van der Waals surface area contributed by atoms with Gasteiger partial charge in [0.05, 0.1) is 13.5 Å². The molecule has 0 aromatic heterocycles. The maximum absolute atomic E-state index is 11.7. The molecule has 0 bridgehead atoms. The zero-order chi connectivity index (χ0) is 13.1. The van der Waals surface area contributed by atoms with Crippen LogP contribution < -0.4 is 10.1 Å². The number of methoxy groups -OCH3 is 1. The van der Waals surface area contributed by atoms with E-state index in [2.05, 4.69) is 5.32 Å². The highest BCUT2D eigenvalue weighted by molar-refractivity contribution is 6.17. The molecule has 1 fully saturated rings. The van der Waals surface area contributed by atoms with Crippen LogP contribution in [0.3, 0.4) is 0 Å². The first kappa shape index (κ1) is 12.4. The normalized spacial score (nSPS) is 17.7. The summed E-state index contributed by atoms with van der Waals surface area (Å²) in [6, 6.07) is 7.50. The summed E-state index contributed by atoms with van der Waals surface area (Å²) in [6.07, 6.45) is 0.885. The Labute approximate surface area is 106 Å². The third-order valence-electron chi connectivity index (χ3n) is 3.02. The number of ether oxygens (including phenoxy) is 1. The Hall–Kier alpha value is -2.10. The minimum Gasteiger partial charge on any atom is -0.497 e. The fraction of sp³-hybridized carbons (Fsp3) is 0.286. The molecular formula is C14H15NO3. The van der Waals surface area contributed by atoms with Gasteiger partial charge in [-0.3, -0.25) is 14.9 Å². The molecule has 0 atom stereocenters. The lowest BCUT2D eigenvalue weighted by atomic mass is 9.96. The van der Waals surface area contributed by atoms with Gasteiger partial charge in [-0.25, -0.2) is 0 Å². The Balaban J connectivity index is 2.41. The number of hydrogen-bond acceptors (Lipinski definition) is 3. The monoisotopic (exact) mass is 245 g/mol. The van der Waals surface area contributed by atoms with Crippen molar-refractivity contribution in [3.8, 4) is 5.75 Å². The van der Waals surface area contributed by atoms with E-state index in [-0.39, 0.29) is 18.2 Å². The molecule has 2 amide bonds. The molecule has 1 aliphatic rings. The Morgan fingerprint density at radius 3 is 2.39 bits per heavy atom. The Morgan fingerprint density at radius 1 is 1.28 bits per heavy atom. The van der Waals surface area contributed by atoms with Crippen molar-refractivity contribution in [3.05, 3.63) is 35.4 Å². The van der Waals surface area contributed by atoms with E-state index in [0.29, 0.717) is 12.0 Å². The van der Waals surface area contributed by atoms with E-state index in [0.717, 1.165) is 16.9 Å². The Bertz CT molecular complexity index is 514. The quantitative estimate of drug-likeness (QED) is 0.653. The van der Waals surface area contributed by atoms with Crippen molar-refractivity contribution in [3.63, 3.8) is 0 Å². The van der Waals surface area contributed by atoms with E-state index < -0.39 is 0 Å². The lowest BCUT2D eigenvalue weighted by Crippen LogP contribution is -2.19. The molecular weight excluding hydrogens is 230 g/mol. The van der Waals surface area contributed by atoms with Crippen LogP contribution in [0, 0.1) is 0 Å². The zero-order valence-corrected chi connectivity index (χ0v) is 10.4. The second-order valence-electron chi connectivity index (χ2n) is 4.09. The van der Waals surface area contributed by atoms with Crippen molar-refractivity contribution in [1.82, 2.24) is 5.32 Å². The van der Waals surface area contributed by atoms with Crippen LogP contribution in [0.2, 0.25) is 0 Å². The molecule has 1 aromatic carbocycles. The number of benzene rings is 1. The van der Waals surface area contributed by atoms with Crippen molar-refractivity contribution >= 4 is 17.4 Å². The second-order valence-corrected chi connectivity index (χ2v) is 4.09. The van der Waals surface area contributed by atoms with Gasteiger partial charge < -0.3 is 4.74 Å². The van der Waals surface area contributed by atoms with Crippen molar-refractivity contribution in [2.24, 2.45) is 0 Å². The fourth-order valence-corrected chi connectivity index (χ4v) is 2.11. The van der Waals surface area contributed by atoms with Gasteiger partial charge in [-0.2, -0.15) is 0 Å². The van der Waals surface area contributed by atoms with Crippen LogP contribution >= 0.6 is 0 Å². The van der Waals surface area contributed by atoms with Crippen molar-refractivity contribution < 1.29 is 14.3 Å². The van der Waals surface area contributed by atoms with Gasteiger partial charge in [0.25, 0.3) is 5.91 Å². The highest BCUT2D eigenvalue weighted by Crippen LogP contribution is 2.28. The summed E-state index contributed by atoms with van der Waals surface area (Å²) < 4.78 is 5.10. The Kier molecular flexibility index (Phi) is 3.46.